The van der Waals surface area contributed by atoms with E-state index < -0.39 is 0 Å². The lowest BCUT2D eigenvalue weighted by Crippen LogP contribution is -2.30. The van der Waals surface area contributed by atoms with Crippen LogP contribution in [0, 0.1) is 11.8 Å². The van der Waals surface area contributed by atoms with Crippen molar-refractivity contribution in [3.05, 3.63) is 119 Å². The minimum atomic E-state index is -0.240. The number of hydrogen-bond donors (Lipinski definition) is 0. The van der Waals surface area contributed by atoms with Gasteiger partial charge in [0.25, 0.3) is 0 Å². The molecule has 1 fully saturated rings. The fourth-order valence-electron chi connectivity index (χ4n) is 7.55. The molecule has 0 heterocycles. The highest BCUT2D eigenvalue weighted by Crippen LogP contribution is 2.36. The van der Waals surface area contributed by atoms with Crippen LogP contribution in [0.4, 0.5) is 0 Å². The fourth-order valence-corrected chi connectivity index (χ4v) is 7.55. The van der Waals surface area contributed by atoms with Crippen molar-refractivity contribution in [1.29, 1.82) is 0 Å². The van der Waals surface area contributed by atoms with Crippen LogP contribution in [-0.4, -0.2) is 25.2 Å². The van der Waals surface area contributed by atoms with Gasteiger partial charge in [-0.3, -0.25) is 9.59 Å². The van der Waals surface area contributed by atoms with Gasteiger partial charge in [-0.25, -0.2) is 0 Å². The molecule has 1 aliphatic rings. The minimum Gasteiger partial charge on any atom is -0.494 e. The molecule has 6 nitrogen and oxygen atoms in total. The molecule has 0 saturated heterocycles. The van der Waals surface area contributed by atoms with Gasteiger partial charge < -0.3 is 18.9 Å². The highest BCUT2D eigenvalue weighted by Gasteiger charge is 2.33. The molecule has 0 radical (unpaired) electrons. The van der Waals surface area contributed by atoms with Gasteiger partial charge in [0.15, 0.2) is 0 Å². The van der Waals surface area contributed by atoms with Crippen molar-refractivity contribution in [2.24, 2.45) is 11.8 Å². The molecule has 0 spiro atoms. The van der Waals surface area contributed by atoms with E-state index in [0.717, 1.165) is 48.7 Å². The third-order valence-electron chi connectivity index (χ3n) is 11.7. The second-order valence-corrected chi connectivity index (χ2v) is 16.6. The number of ether oxygens (including phenoxy) is 4. The molecule has 4 aromatic rings. The quantitative estimate of drug-likeness (QED) is 0.0507. The summed E-state index contributed by atoms with van der Waals surface area (Å²) in [4.78, 5) is 26.3. The summed E-state index contributed by atoms with van der Waals surface area (Å²) in [6, 6.07) is 32.4. The smallest absolute Gasteiger partial charge is 0.314 e. The van der Waals surface area contributed by atoms with E-state index in [9.17, 15) is 9.59 Å². The Bertz CT molecular complexity index is 1650. The molecule has 0 bridgehead atoms. The first-order valence-electron chi connectivity index (χ1n) is 21.1. The number of carbonyl (C=O) groups excluding carboxylic acids is 2. The standard InChI is InChI=1S/C50H64O6/c1-7-9-11-13-35-53-43-27-19-39(20-28-43)49(3,4)41-23-31-45(32-24-41)55-47(51)37-15-17-38(18-16-37)48(52)56-46-33-25-42(26-34-46)50(5,6)40-21-29-44(30-22-40)54-36-14-12-10-8-2/h19-34,37-38H,7-18,35-36H2,1-6H3. The van der Waals surface area contributed by atoms with Gasteiger partial charge in [-0.05, 0) is 109 Å². The summed E-state index contributed by atoms with van der Waals surface area (Å²) < 4.78 is 23.5. The van der Waals surface area contributed by atoms with E-state index in [1.165, 1.54) is 49.7 Å². The van der Waals surface area contributed by atoms with E-state index in [2.05, 4.69) is 65.8 Å². The van der Waals surface area contributed by atoms with Gasteiger partial charge in [-0.2, -0.15) is 0 Å². The number of esters is 2. The Kier molecular flexibility index (Phi) is 15.6. The molecular formula is C50H64O6. The van der Waals surface area contributed by atoms with Crippen molar-refractivity contribution in [3.63, 3.8) is 0 Å². The van der Waals surface area contributed by atoms with Crippen molar-refractivity contribution in [2.45, 2.75) is 129 Å². The zero-order valence-electron chi connectivity index (χ0n) is 34.7. The molecule has 0 unspecified atom stereocenters. The Morgan fingerprint density at radius 2 is 0.732 bits per heavy atom. The lowest BCUT2D eigenvalue weighted by molar-refractivity contribution is -0.145. The van der Waals surface area contributed by atoms with Gasteiger partial charge in [0.2, 0.25) is 0 Å². The zero-order chi connectivity index (χ0) is 40.0. The molecule has 0 amide bonds. The summed E-state index contributed by atoms with van der Waals surface area (Å²) in [5, 5.41) is 0. The average Bonchev–Trinajstić information content (AvgIpc) is 3.21. The molecule has 0 atom stereocenters. The Hall–Kier alpha value is -4.58. The summed E-state index contributed by atoms with van der Waals surface area (Å²) in [6.45, 7) is 14.7. The van der Waals surface area contributed by atoms with E-state index in [0.29, 0.717) is 37.2 Å². The summed E-state index contributed by atoms with van der Waals surface area (Å²) >= 11 is 0. The molecule has 1 aliphatic carbocycles. The highest BCUT2D eigenvalue weighted by atomic mass is 16.5. The van der Waals surface area contributed by atoms with Crippen molar-refractivity contribution in [2.75, 3.05) is 13.2 Å². The van der Waals surface area contributed by atoms with E-state index in [-0.39, 0.29) is 34.6 Å². The molecule has 5 rings (SSSR count). The van der Waals surface area contributed by atoms with Crippen LogP contribution in [0.5, 0.6) is 23.0 Å². The maximum absolute atomic E-state index is 13.1. The molecule has 56 heavy (non-hydrogen) atoms. The van der Waals surface area contributed by atoms with Crippen molar-refractivity contribution >= 4 is 11.9 Å². The molecule has 6 heteroatoms. The molecule has 4 aromatic carbocycles. The summed E-state index contributed by atoms with van der Waals surface area (Å²) in [5.41, 5.74) is 4.17. The van der Waals surface area contributed by atoms with Crippen LogP contribution in [0.15, 0.2) is 97.1 Å². The predicted octanol–water partition coefficient (Wildman–Crippen LogP) is 12.6. The summed E-state index contributed by atoms with van der Waals surface area (Å²) in [7, 11) is 0. The van der Waals surface area contributed by atoms with Crippen molar-refractivity contribution in [3.8, 4) is 23.0 Å². The first-order chi connectivity index (χ1) is 27.0. The molecule has 300 valence electrons. The van der Waals surface area contributed by atoms with Crippen LogP contribution in [0.3, 0.4) is 0 Å². The second kappa shape index (κ2) is 20.5. The summed E-state index contributed by atoms with van der Waals surface area (Å²) in [5.74, 6) is 1.91. The van der Waals surface area contributed by atoms with Gasteiger partial charge in [0.05, 0.1) is 25.0 Å². The Morgan fingerprint density at radius 3 is 1.02 bits per heavy atom. The average molecular weight is 761 g/mol. The number of benzene rings is 4. The van der Waals surface area contributed by atoms with E-state index in [4.69, 9.17) is 18.9 Å². The second-order valence-electron chi connectivity index (χ2n) is 16.6. The van der Waals surface area contributed by atoms with E-state index >= 15 is 0 Å². The Morgan fingerprint density at radius 1 is 0.446 bits per heavy atom. The van der Waals surface area contributed by atoms with Crippen LogP contribution < -0.4 is 18.9 Å². The highest BCUT2D eigenvalue weighted by molar-refractivity contribution is 5.78. The number of unbranched alkanes of at least 4 members (excludes halogenated alkanes) is 6. The molecule has 0 aliphatic heterocycles. The third kappa shape index (κ3) is 11.7. The normalized spacial score (nSPS) is 15.9. The third-order valence-corrected chi connectivity index (χ3v) is 11.7. The topological polar surface area (TPSA) is 71.1 Å². The van der Waals surface area contributed by atoms with E-state index in [1.54, 1.807) is 0 Å². The van der Waals surface area contributed by atoms with Gasteiger partial charge in [0.1, 0.15) is 23.0 Å². The molecule has 0 N–H and O–H groups in total. The van der Waals surface area contributed by atoms with Crippen LogP contribution in [0.25, 0.3) is 0 Å². The van der Waals surface area contributed by atoms with Crippen LogP contribution in [-0.2, 0) is 20.4 Å². The molecule has 0 aromatic heterocycles. The predicted molar refractivity (Wildman–Crippen MR) is 226 cm³/mol. The number of carbonyl (C=O) groups is 2. The molecule has 1 saturated carbocycles. The lowest BCUT2D eigenvalue weighted by Gasteiger charge is -2.27. The Labute approximate surface area is 336 Å². The van der Waals surface area contributed by atoms with Crippen LogP contribution >= 0.6 is 0 Å². The number of rotatable bonds is 20. The zero-order valence-corrected chi connectivity index (χ0v) is 34.7. The van der Waals surface area contributed by atoms with Crippen molar-refractivity contribution < 1.29 is 28.5 Å². The van der Waals surface area contributed by atoms with Crippen molar-refractivity contribution in [1.82, 2.24) is 0 Å². The largest absolute Gasteiger partial charge is 0.494 e. The SMILES string of the molecule is CCCCCCOc1ccc(C(C)(C)c2ccc(OC(=O)C3CCC(C(=O)Oc4ccc(C(C)(C)c5ccc(OCCCCCC)cc5)cc4)CC3)cc2)cc1. The first-order valence-corrected chi connectivity index (χ1v) is 21.1. The summed E-state index contributed by atoms with van der Waals surface area (Å²) in [6.07, 6.45) is 11.9. The van der Waals surface area contributed by atoms with Gasteiger partial charge in [-0.15, -0.1) is 0 Å². The monoisotopic (exact) mass is 760 g/mol. The van der Waals surface area contributed by atoms with E-state index in [1.807, 2.05) is 72.8 Å². The number of hydrogen-bond acceptors (Lipinski definition) is 6. The fraction of sp³-hybridized carbons (Fsp3) is 0.480. The molecular weight excluding hydrogens is 697 g/mol. The maximum atomic E-state index is 13.1. The maximum Gasteiger partial charge on any atom is 0.314 e. The van der Waals surface area contributed by atoms with Gasteiger partial charge in [0, 0.05) is 10.8 Å². The van der Waals surface area contributed by atoms with Gasteiger partial charge >= 0.3 is 11.9 Å². The van der Waals surface area contributed by atoms with Gasteiger partial charge in [-0.1, -0.05) is 129 Å². The van der Waals surface area contributed by atoms with Crippen LogP contribution in [0.1, 0.15) is 141 Å². The first kappa shape index (κ1) is 42.6. The minimum absolute atomic E-state index is 0.233. The Balaban J connectivity index is 1.05. The van der Waals surface area contributed by atoms with Crippen LogP contribution in [0.2, 0.25) is 0 Å². The lowest BCUT2D eigenvalue weighted by atomic mass is 9.78.